The van der Waals surface area contributed by atoms with E-state index in [0.29, 0.717) is 28.0 Å². The normalized spacial score (nSPS) is 15.9. The number of carbonyl (C=O) groups excluding carboxylic acids is 3. The van der Waals surface area contributed by atoms with E-state index in [1.54, 1.807) is 32.9 Å². The number of halogens is 2. The quantitative estimate of drug-likeness (QED) is 0.504. The van der Waals surface area contributed by atoms with Crippen molar-refractivity contribution in [2.45, 2.75) is 26.9 Å². The van der Waals surface area contributed by atoms with Gasteiger partial charge in [0.15, 0.2) is 5.75 Å². The van der Waals surface area contributed by atoms with Crippen LogP contribution in [0.5, 0.6) is 5.75 Å². The molecule has 26 heavy (non-hydrogen) atoms. The van der Waals surface area contributed by atoms with Gasteiger partial charge in [-0.25, -0.2) is 0 Å². The number of amides is 2. The Bertz CT molecular complexity index is 755. The van der Waals surface area contributed by atoms with Gasteiger partial charge in [-0.05, 0) is 56.3 Å². The Morgan fingerprint density at radius 1 is 1.27 bits per heavy atom. The number of rotatable bonds is 6. The number of hydrogen-bond donors (Lipinski definition) is 0. The molecule has 6 nitrogen and oxygen atoms in total. The van der Waals surface area contributed by atoms with Crippen molar-refractivity contribution >= 4 is 58.2 Å². The number of hydrogen-bond acceptors (Lipinski definition) is 6. The molecule has 0 spiro atoms. The van der Waals surface area contributed by atoms with E-state index in [-0.39, 0.29) is 11.0 Å². The summed E-state index contributed by atoms with van der Waals surface area (Å²) in [6.07, 6.45) is 1.16. The van der Waals surface area contributed by atoms with Crippen LogP contribution in [-0.2, 0) is 14.3 Å². The van der Waals surface area contributed by atoms with Crippen molar-refractivity contribution in [1.29, 1.82) is 0 Å². The SMILES string of the molecule is CCOc1c(Cl)cc(/C=C2/SC(=O)N(CC(=O)OC(C)C)C2=O)cc1Cl. The Labute approximate surface area is 165 Å². The molecular formula is C17H17Cl2NO5S. The summed E-state index contributed by atoms with van der Waals surface area (Å²) in [6, 6.07) is 3.17. The first kappa shape index (κ1) is 20.6. The smallest absolute Gasteiger partial charge is 0.326 e. The van der Waals surface area contributed by atoms with Gasteiger partial charge < -0.3 is 9.47 Å². The van der Waals surface area contributed by atoms with Crippen LogP contribution in [0.4, 0.5) is 4.79 Å². The maximum atomic E-state index is 12.4. The van der Waals surface area contributed by atoms with E-state index in [9.17, 15) is 14.4 Å². The molecule has 0 unspecified atom stereocenters. The fourth-order valence-electron chi connectivity index (χ4n) is 2.16. The monoisotopic (exact) mass is 417 g/mol. The maximum Gasteiger partial charge on any atom is 0.326 e. The van der Waals surface area contributed by atoms with Gasteiger partial charge in [-0.1, -0.05) is 23.2 Å². The molecular weight excluding hydrogens is 401 g/mol. The minimum Gasteiger partial charge on any atom is -0.491 e. The van der Waals surface area contributed by atoms with Gasteiger partial charge in [0.05, 0.1) is 27.7 Å². The summed E-state index contributed by atoms with van der Waals surface area (Å²) in [6.45, 7) is 5.16. The van der Waals surface area contributed by atoms with Crippen LogP contribution in [0, 0.1) is 0 Å². The van der Waals surface area contributed by atoms with Crippen LogP contribution >= 0.6 is 35.0 Å². The average Bonchev–Trinajstić information content (AvgIpc) is 2.78. The Balaban J connectivity index is 2.21. The van der Waals surface area contributed by atoms with Gasteiger partial charge in [0.1, 0.15) is 6.54 Å². The van der Waals surface area contributed by atoms with E-state index in [0.717, 1.165) is 16.7 Å². The second-order valence-corrected chi connectivity index (χ2v) is 7.36. The molecule has 0 radical (unpaired) electrons. The molecule has 9 heteroatoms. The lowest BCUT2D eigenvalue weighted by Crippen LogP contribution is -2.35. The zero-order chi connectivity index (χ0) is 19.4. The number of ether oxygens (including phenoxy) is 2. The number of esters is 1. The van der Waals surface area contributed by atoms with Crippen LogP contribution in [-0.4, -0.2) is 41.3 Å². The summed E-state index contributed by atoms with van der Waals surface area (Å²) < 4.78 is 10.3. The first-order valence-corrected chi connectivity index (χ1v) is 9.36. The number of benzene rings is 1. The molecule has 2 amide bonds. The third kappa shape index (κ3) is 4.93. The van der Waals surface area contributed by atoms with Gasteiger partial charge in [0.2, 0.25) is 0 Å². The molecule has 2 rings (SSSR count). The molecule has 0 bridgehead atoms. The van der Waals surface area contributed by atoms with Crippen molar-refractivity contribution in [1.82, 2.24) is 4.90 Å². The van der Waals surface area contributed by atoms with Crippen LogP contribution in [0.25, 0.3) is 6.08 Å². The molecule has 140 valence electrons. The number of nitrogens with zero attached hydrogens (tertiary/aromatic N) is 1. The third-order valence-electron chi connectivity index (χ3n) is 3.13. The fourth-order valence-corrected chi connectivity index (χ4v) is 3.61. The summed E-state index contributed by atoms with van der Waals surface area (Å²) in [4.78, 5) is 37.1. The van der Waals surface area contributed by atoms with Gasteiger partial charge >= 0.3 is 5.97 Å². The van der Waals surface area contributed by atoms with E-state index < -0.39 is 23.7 Å². The molecule has 0 atom stereocenters. The van der Waals surface area contributed by atoms with Crippen LogP contribution in [0.2, 0.25) is 10.0 Å². The zero-order valence-electron chi connectivity index (χ0n) is 14.4. The standard InChI is InChI=1S/C17H17Cl2NO5S/c1-4-24-15-11(18)5-10(6-12(15)19)7-13-16(22)20(17(23)26-13)8-14(21)25-9(2)3/h5-7,9H,4,8H2,1-3H3/b13-7+. The van der Waals surface area contributed by atoms with E-state index in [1.165, 1.54) is 6.08 Å². The van der Waals surface area contributed by atoms with Crippen molar-refractivity contribution in [3.8, 4) is 5.75 Å². The highest BCUT2D eigenvalue weighted by atomic mass is 35.5. The molecule has 0 N–H and O–H groups in total. The molecule has 1 saturated heterocycles. The summed E-state index contributed by atoms with van der Waals surface area (Å²) in [5.74, 6) is -0.852. The highest BCUT2D eigenvalue weighted by molar-refractivity contribution is 8.18. The minimum atomic E-state index is -0.643. The highest BCUT2D eigenvalue weighted by Crippen LogP contribution is 2.37. The van der Waals surface area contributed by atoms with Gasteiger partial charge in [-0.15, -0.1) is 0 Å². The molecule has 1 aromatic carbocycles. The maximum absolute atomic E-state index is 12.4. The van der Waals surface area contributed by atoms with Crippen molar-refractivity contribution < 1.29 is 23.9 Å². The molecule has 1 fully saturated rings. The Morgan fingerprint density at radius 3 is 2.42 bits per heavy atom. The number of carbonyl (C=O) groups is 3. The Kier molecular flexibility index (Phi) is 6.97. The Hall–Kier alpha value is -1.70. The van der Waals surface area contributed by atoms with Crippen molar-refractivity contribution in [2.24, 2.45) is 0 Å². The predicted octanol–water partition coefficient (Wildman–Crippen LogP) is 4.38. The summed E-state index contributed by atoms with van der Waals surface area (Å²) in [7, 11) is 0. The molecule has 1 aromatic rings. The average molecular weight is 418 g/mol. The molecule has 0 aromatic heterocycles. The van der Waals surface area contributed by atoms with E-state index in [2.05, 4.69) is 0 Å². The lowest BCUT2D eigenvalue weighted by Gasteiger charge is -2.13. The number of thioether (sulfide) groups is 1. The van der Waals surface area contributed by atoms with Crippen LogP contribution < -0.4 is 4.74 Å². The predicted molar refractivity (Wildman–Crippen MR) is 102 cm³/mol. The second-order valence-electron chi connectivity index (χ2n) is 5.55. The Morgan fingerprint density at radius 2 is 1.88 bits per heavy atom. The van der Waals surface area contributed by atoms with E-state index in [4.69, 9.17) is 32.7 Å². The van der Waals surface area contributed by atoms with E-state index >= 15 is 0 Å². The van der Waals surface area contributed by atoms with Crippen LogP contribution in [0.15, 0.2) is 17.0 Å². The van der Waals surface area contributed by atoms with Gasteiger partial charge in [-0.2, -0.15) is 0 Å². The van der Waals surface area contributed by atoms with Crippen molar-refractivity contribution in [3.05, 3.63) is 32.6 Å². The topological polar surface area (TPSA) is 72.9 Å². The fraction of sp³-hybridized carbons (Fsp3) is 0.353. The minimum absolute atomic E-state index is 0.170. The first-order chi connectivity index (χ1) is 12.2. The highest BCUT2D eigenvalue weighted by Gasteiger charge is 2.36. The third-order valence-corrected chi connectivity index (χ3v) is 4.60. The summed E-state index contributed by atoms with van der Waals surface area (Å²) in [5.41, 5.74) is 0.540. The van der Waals surface area contributed by atoms with E-state index in [1.807, 2.05) is 0 Å². The van der Waals surface area contributed by atoms with Crippen molar-refractivity contribution in [3.63, 3.8) is 0 Å². The first-order valence-electron chi connectivity index (χ1n) is 7.79. The number of imide groups is 1. The largest absolute Gasteiger partial charge is 0.491 e. The zero-order valence-corrected chi connectivity index (χ0v) is 16.7. The summed E-state index contributed by atoms with van der Waals surface area (Å²) in [5, 5.41) is 0.0563. The van der Waals surface area contributed by atoms with Gasteiger partial charge in [0.25, 0.3) is 11.1 Å². The molecule has 0 aliphatic carbocycles. The van der Waals surface area contributed by atoms with Crippen molar-refractivity contribution in [2.75, 3.05) is 13.2 Å². The molecule has 1 aliphatic rings. The van der Waals surface area contributed by atoms with Gasteiger partial charge in [0, 0.05) is 0 Å². The molecule has 1 heterocycles. The molecule has 0 saturated carbocycles. The van der Waals surface area contributed by atoms with Gasteiger partial charge in [-0.3, -0.25) is 19.3 Å². The second kappa shape index (κ2) is 8.79. The molecule has 1 aliphatic heterocycles. The summed E-state index contributed by atoms with van der Waals surface area (Å²) >= 11 is 13.0. The lowest BCUT2D eigenvalue weighted by atomic mass is 10.2. The van der Waals surface area contributed by atoms with Crippen LogP contribution in [0.1, 0.15) is 26.3 Å². The lowest BCUT2D eigenvalue weighted by molar-refractivity contribution is -0.149. The van der Waals surface area contributed by atoms with Crippen LogP contribution in [0.3, 0.4) is 0 Å².